The van der Waals surface area contributed by atoms with E-state index >= 15 is 0 Å². The average Bonchev–Trinajstić information content (AvgIpc) is 2.90. The quantitative estimate of drug-likeness (QED) is 0.665. The number of para-hydroxylation sites is 1. The predicted molar refractivity (Wildman–Crippen MR) is 108 cm³/mol. The Morgan fingerprint density at radius 3 is 2.70 bits per heavy atom. The number of hydrogen-bond acceptors (Lipinski definition) is 3. The number of nitrogens with zero attached hydrogens (tertiary/aromatic N) is 1. The number of amides is 1. The van der Waals surface area contributed by atoms with E-state index in [-0.39, 0.29) is 24.2 Å². The molecule has 7 heteroatoms. The van der Waals surface area contributed by atoms with Crippen molar-refractivity contribution in [3.63, 3.8) is 0 Å². The molecule has 0 saturated carbocycles. The molecule has 5 nitrogen and oxygen atoms in total. The number of carbonyl (C=O) groups is 1. The van der Waals surface area contributed by atoms with Crippen molar-refractivity contribution in [3.05, 3.63) is 64.3 Å². The van der Waals surface area contributed by atoms with Crippen molar-refractivity contribution in [2.45, 2.75) is 30.8 Å². The fourth-order valence-corrected chi connectivity index (χ4v) is 5.89. The van der Waals surface area contributed by atoms with Gasteiger partial charge < -0.3 is 9.88 Å². The van der Waals surface area contributed by atoms with E-state index in [9.17, 15) is 13.2 Å². The van der Waals surface area contributed by atoms with E-state index in [0.717, 1.165) is 21.1 Å². The molecule has 0 spiro atoms. The number of aromatic nitrogens is 1. The van der Waals surface area contributed by atoms with Gasteiger partial charge in [0.15, 0.2) is 9.84 Å². The lowest BCUT2D eigenvalue weighted by molar-refractivity contribution is -0.122. The van der Waals surface area contributed by atoms with E-state index in [2.05, 4.69) is 21.2 Å². The SMILES string of the molecule is Cc1c(Br)c2ccccc2n1CC(=O)NC1CCS(=O)(=O)c2ccccc21. The van der Waals surface area contributed by atoms with Crippen LogP contribution in [0.1, 0.15) is 23.7 Å². The van der Waals surface area contributed by atoms with E-state index in [1.165, 1.54) is 0 Å². The summed E-state index contributed by atoms with van der Waals surface area (Å²) in [5, 5.41) is 4.09. The van der Waals surface area contributed by atoms with E-state index in [1.807, 2.05) is 35.8 Å². The summed E-state index contributed by atoms with van der Waals surface area (Å²) in [6.45, 7) is 2.16. The second kappa shape index (κ2) is 6.80. The van der Waals surface area contributed by atoms with Crippen LogP contribution in [-0.4, -0.2) is 24.6 Å². The zero-order valence-corrected chi connectivity index (χ0v) is 17.2. The molecule has 0 bridgehead atoms. The third-order valence-corrected chi connectivity index (χ3v) is 7.91. The zero-order valence-electron chi connectivity index (χ0n) is 14.8. The van der Waals surface area contributed by atoms with Gasteiger partial charge in [-0.05, 0) is 47.0 Å². The Hall–Kier alpha value is -2.12. The molecular formula is C20H19BrN2O3S. The summed E-state index contributed by atoms with van der Waals surface area (Å²) in [5.74, 6) is -0.0862. The van der Waals surface area contributed by atoms with Gasteiger partial charge in [-0.25, -0.2) is 8.42 Å². The van der Waals surface area contributed by atoms with Crippen LogP contribution in [0, 0.1) is 6.92 Å². The van der Waals surface area contributed by atoms with Crippen molar-refractivity contribution in [2.24, 2.45) is 0 Å². The van der Waals surface area contributed by atoms with Crippen molar-refractivity contribution >= 4 is 42.6 Å². The molecule has 0 saturated heterocycles. The molecule has 27 heavy (non-hydrogen) atoms. The van der Waals surface area contributed by atoms with Gasteiger partial charge in [-0.1, -0.05) is 36.4 Å². The molecule has 3 aromatic rings. The Balaban J connectivity index is 1.61. The highest BCUT2D eigenvalue weighted by atomic mass is 79.9. The van der Waals surface area contributed by atoms with Gasteiger partial charge in [0, 0.05) is 21.1 Å². The Morgan fingerprint density at radius 1 is 1.19 bits per heavy atom. The van der Waals surface area contributed by atoms with E-state index in [4.69, 9.17) is 0 Å². The predicted octanol–water partition coefficient (Wildman–Crippen LogP) is 3.75. The van der Waals surface area contributed by atoms with Crippen LogP contribution in [0.4, 0.5) is 0 Å². The number of hydrogen-bond donors (Lipinski definition) is 1. The van der Waals surface area contributed by atoms with Crippen LogP contribution in [0.15, 0.2) is 57.9 Å². The van der Waals surface area contributed by atoms with Crippen LogP contribution in [0.5, 0.6) is 0 Å². The fraction of sp³-hybridized carbons (Fsp3) is 0.250. The maximum Gasteiger partial charge on any atom is 0.240 e. The highest BCUT2D eigenvalue weighted by Crippen LogP contribution is 2.33. The molecule has 140 valence electrons. The van der Waals surface area contributed by atoms with Crippen molar-refractivity contribution in [1.29, 1.82) is 0 Å². The minimum absolute atomic E-state index is 0.0476. The summed E-state index contributed by atoms with van der Waals surface area (Å²) < 4.78 is 27.5. The first-order valence-electron chi connectivity index (χ1n) is 8.73. The van der Waals surface area contributed by atoms with Gasteiger partial charge >= 0.3 is 0 Å². The number of rotatable bonds is 3. The third kappa shape index (κ3) is 3.19. The van der Waals surface area contributed by atoms with Gasteiger partial charge in [-0.3, -0.25) is 4.79 Å². The Bertz CT molecular complexity index is 1150. The van der Waals surface area contributed by atoms with Gasteiger partial charge in [0.25, 0.3) is 0 Å². The topological polar surface area (TPSA) is 68.2 Å². The molecule has 0 radical (unpaired) electrons. The second-order valence-corrected chi connectivity index (χ2v) is 9.64. The van der Waals surface area contributed by atoms with E-state index in [0.29, 0.717) is 16.9 Å². The summed E-state index contributed by atoms with van der Waals surface area (Å²) in [6, 6.07) is 14.6. The molecule has 1 unspecified atom stereocenters. The molecule has 0 fully saturated rings. The lowest BCUT2D eigenvalue weighted by Crippen LogP contribution is -2.35. The van der Waals surface area contributed by atoms with Gasteiger partial charge in [0.1, 0.15) is 6.54 Å². The zero-order chi connectivity index (χ0) is 19.2. The summed E-state index contributed by atoms with van der Waals surface area (Å²) in [7, 11) is -3.26. The lowest BCUT2D eigenvalue weighted by Gasteiger charge is -2.26. The number of sulfone groups is 1. The number of nitrogens with one attached hydrogen (secondary N) is 1. The molecule has 1 aliphatic rings. The first-order chi connectivity index (χ1) is 12.9. The molecular weight excluding hydrogens is 428 g/mol. The monoisotopic (exact) mass is 446 g/mol. The number of fused-ring (bicyclic) bond motifs is 2. The molecule has 1 N–H and O–H groups in total. The number of halogens is 1. The molecule has 1 atom stereocenters. The second-order valence-electron chi connectivity index (χ2n) is 6.77. The largest absolute Gasteiger partial charge is 0.348 e. The van der Waals surface area contributed by atoms with Crippen molar-refractivity contribution in [2.75, 3.05) is 5.75 Å². The molecule has 0 aliphatic carbocycles. The standard InChI is InChI=1S/C20H19BrN2O3S/c1-13-20(21)15-7-2-4-8-17(15)23(13)12-19(24)22-16-10-11-27(25,26)18-9-5-3-6-14(16)18/h2-9,16H,10-12H2,1H3,(H,22,24). The van der Waals surface area contributed by atoms with Crippen molar-refractivity contribution in [1.82, 2.24) is 9.88 Å². The highest BCUT2D eigenvalue weighted by Gasteiger charge is 2.30. The summed E-state index contributed by atoms with van der Waals surface area (Å²) in [4.78, 5) is 13.1. The van der Waals surface area contributed by atoms with Gasteiger partial charge in [-0.2, -0.15) is 0 Å². The maximum absolute atomic E-state index is 12.8. The van der Waals surface area contributed by atoms with E-state index in [1.54, 1.807) is 24.3 Å². The van der Waals surface area contributed by atoms with Gasteiger partial charge in [-0.15, -0.1) is 0 Å². The minimum atomic E-state index is -3.26. The summed E-state index contributed by atoms with van der Waals surface area (Å²) in [6.07, 6.45) is 0.389. The van der Waals surface area contributed by atoms with Crippen LogP contribution < -0.4 is 5.32 Å². The molecule has 2 heterocycles. The van der Waals surface area contributed by atoms with Crippen LogP contribution in [0.2, 0.25) is 0 Å². The first kappa shape index (κ1) is 18.3. The molecule has 4 rings (SSSR count). The third-order valence-electron chi connectivity index (χ3n) is 5.10. The van der Waals surface area contributed by atoms with Crippen LogP contribution >= 0.6 is 15.9 Å². The van der Waals surface area contributed by atoms with Gasteiger partial charge in [0.05, 0.1) is 16.7 Å². The first-order valence-corrected chi connectivity index (χ1v) is 11.2. The maximum atomic E-state index is 12.8. The molecule has 1 aliphatic heterocycles. The molecule has 1 amide bonds. The Labute approximate surface area is 166 Å². The molecule has 1 aromatic heterocycles. The average molecular weight is 447 g/mol. The van der Waals surface area contributed by atoms with Crippen LogP contribution in [0.25, 0.3) is 10.9 Å². The number of benzene rings is 2. The lowest BCUT2D eigenvalue weighted by atomic mass is 10.0. The van der Waals surface area contributed by atoms with Crippen molar-refractivity contribution in [3.8, 4) is 0 Å². The summed E-state index contributed by atoms with van der Waals surface area (Å²) >= 11 is 3.60. The Morgan fingerprint density at radius 2 is 1.89 bits per heavy atom. The highest BCUT2D eigenvalue weighted by molar-refractivity contribution is 9.10. The smallest absolute Gasteiger partial charge is 0.240 e. The van der Waals surface area contributed by atoms with Crippen molar-refractivity contribution < 1.29 is 13.2 Å². The van der Waals surface area contributed by atoms with Crippen LogP contribution in [-0.2, 0) is 21.2 Å². The minimum Gasteiger partial charge on any atom is -0.348 e. The Kier molecular flexibility index (Phi) is 4.60. The van der Waals surface area contributed by atoms with E-state index < -0.39 is 9.84 Å². The molecule has 2 aromatic carbocycles. The number of carbonyl (C=O) groups excluding carboxylic acids is 1. The van der Waals surface area contributed by atoms with Crippen LogP contribution in [0.3, 0.4) is 0 Å². The fourth-order valence-electron chi connectivity index (χ4n) is 3.72. The summed E-state index contributed by atoms with van der Waals surface area (Å²) in [5.41, 5.74) is 2.65. The normalized spacial score (nSPS) is 18.2. The van der Waals surface area contributed by atoms with Gasteiger partial charge in [0.2, 0.25) is 5.91 Å².